The van der Waals surface area contributed by atoms with Gasteiger partial charge in [-0.1, -0.05) is 6.92 Å². The SMILES string of the molecule is CCc1nc(CNC(=O)CCCn2cnnn2)cs1. The maximum Gasteiger partial charge on any atom is 0.220 e. The molecule has 0 aliphatic carbocycles. The molecule has 102 valence electrons. The van der Waals surface area contributed by atoms with Crippen LogP contribution in [-0.2, 0) is 24.3 Å². The summed E-state index contributed by atoms with van der Waals surface area (Å²) in [7, 11) is 0. The molecule has 0 bridgehead atoms. The molecule has 0 unspecified atom stereocenters. The number of hydrogen-bond acceptors (Lipinski definition) is 6. The summed E-state index contributed by atoms with van der Waals surface area (Å²) in [5, 5.41) is 16.7. The van der Waals surface area contributed by atoms with Crippen LogP contribution in [0.5, 0.6) is 0 Å². The summed E-state index contributed by atoms with van der Waals surface area (Å²) in [6, 6.07) is 0. The predicted molar refractivity (Wildman–Crippen MR) is 70.4 cm³/mol. The molecule has 0 radical (unpaired) electrons. The van der Waals surface area contributed by atoms with E-state index < -0.39 is 0 Å². The van der Waals surface area contributed by atoms with Crippen molar-refractivity contribution in [2.24, 2.45) is 0 Å². The van der Waals surface area contributed by atoms with E-state index in [1.54, 1.807) is 22.3 Å². The van der Waals surface area contributed by atoms with Crippen molar-refractivity contribution in [2.75, 3.05) is 0 Å². The number of amides is 1. The normalized spacial score (nSPS) is 10.6. The zero-order chi connectivity index (χ0) is 13.5. The van der Waals surface area contributed by atoms with Crippen LogP contribution in [0.15, 0.2) is 11.7 Å². The smallest absolute Gasteiger partial charge is 0.220 e. The van der Waals surface area contributed by atoms with Crippen LogP contribution >= 0.6 is 11.3 Å². The standard InChI is InChI=1S/C11H16N6OS/c1-2-11-14-9(7-19-11)6-12-10(18)4-3-5-17-8-13-15-16-17/h7-8H,2-6H2,1H3,(H,12,18). The summed E-state index contributed by atoms with van der Waals surface area (Å²) < 4.78 is 1.61. The molecule has 0 aliphatic rings. The van der Waals surface area contributed by atoms with E-state index in [4.69, 9.17) is 0 Å². The van der Waals surface area contributed by atoms with Gasteiger partial charge in [0.05, 0.1) is 17.2 Å². The molecule has 0 aliphatic heterocycles. The molecule has 0 spiro atoms. The van der Waals surface area contributed by atoms with Gasteiger partial charge in [-0.05, 0) is 23.3 Å². The maximum atomic E-state index is 11.6. The Hall–Kier alpha value is -1.83. The van der Waals surface area contributed by atoms with Crippen LogP contribution in [-0.4, -0.2) is 31.1 Å². The summed E-state index contributed by atoms with van der Waals surface area (Å²) in [6.45, 7) is 3.22. The van der Waals surface area contributed by atoms with Gasteiger partial charge in [-0.15, -0.1) is 16.4 Å². The zero-order valence-corrected chi connectivity index (χ0v) is 11.6. The average Bonchev–Trinajstić information content (AvgIpc) is 3.07. The molecule has 2 heterocycles. The fourth-order valence-electron chi connectivity index (χ4n) is 1.55. The average molecular weight is 280 g/mol. The van der Waals surface area contributed by atoms with Crippen molar-refractivity contribution >= 4 is 17.2 Å². The Morgan fingerprint density at radius 1 is 1.53 bits per heavy atom. The van der Waals surface area contributed by atoms with Crippen LogP contribution in [0.25, 0.3) is 0 Å². The number of tetrazole rings is 1. The third-order valence-corrected chi connectivity index (χ3v) is 3.59. The lowest BCUT2D eigenvalue weighted by atomic mass is 10.3. The van der Waals surface area contributed by atoms with Crippen molar-refractivity contribution in [3.8, 4) is 0 Å². The van der Waals surface area contributed by atoms with E-state index >= 15 is 0 Å². The van der Waals surface area contributed by atoms with Crippen LogP contribution < -0.4 is 5.32 Å². The maximum absolute atomic E-state index is 11.6. The Labute approximate surface area is 115 Å². The second-order valence-electron chi connectivity index (χ2n) is 4.04. The Morgan fingerprint density at radius 3 is 3.11 bits per heavy atom. The van der Waals surface area contributed by atoms with Gasteiger partial charge in [0.15, 0.2) is 0 Å². The van der Waals surface area contributed by atoms with E-state index in [2.05, 4.69) is 32.7 Å². The molecule has 0 saturated carbocycles. The van der Waals surface area contributed by atoms with Gasteiger partial charge in [0.2, 0.25) is 5.91 Å². The lowest BCUT2D eigenvalue weighted by Crippen LogP contribution is -2.23. The number of carbonyl (C=O) groups is 1. The number of hydrogen-bond donors (Lipinski definition) is 1. The second-order valence-corrected chi connectivity index (χ2v) is 4.98. The molecule has 7 nitrogen and oxygen atoms in total. The van der Waals surface area contributed by atoms with Gasteiger partial charge in [0.25, 0.3) is 0 Å². The van der Waals surface area contributed by atoms with Gasteiger partial charge >= 0.3 is 0 Å². The summed E-state index contributed by atoms with van der Waals surface area (Å²) in [4.78, 5) is 16.0. The van der Waals surface area contributed by atoms with Gasteiger partial charge in [-0.25, -0.2) is 9.67 Å². The zero-order valence-electron chi connectivity index (χ0n) is 10.7. The van der Waals surface area contributed by atoms with Crippen LogP contribution in [0.2, 0.25) is 0 Å². The fourth-order valence-corrected chi connectivity index (χ4v) is 2.30. The molecule has 0 aromatic carbocycles. The van der Waals surface area contributed by atoms with E-state index in [1.807, 2.05) is 5.38 Å². The number of aryl methyl sites for hydroxylation is 2. The fraction of sp³-hybridized carbons (Fsp3) is 0.545. The summed E-state index contributed by atoms with van der Waals surface area (Å²) >= 11 is 1.63. The first-order valence-corrected chi connectivity index (χ1v) is 7.06. The summed E-state index contributed by atoms with van der Waals surface area (Å²) in [5.74, 6) is 0.0270. The van der Waals surface area contributed by atoms with Crippen molar-refractivity contribution in [1.82, 2.24) is 30.5 Å². The Bertz CT molecular complexity index is 509. The Kier molecular flexibility index (Phi) is 4.96. The van der Waals surface area contributed by atoms with E-state index in [1.165, 1.54) is 0 Å². The number of aromatic nitrogens is 5. The quantitative estimate of drug-likeness (QED) is 0.810. The Morgan fingerprint density at radius 2 is 2.42 bits per heavy atom. The number of carbonyl (C=O) groups excluding carboxylic acids is 1. The lowest BCUT2D eigenvalue weighted by molar-refractivity contribution is -0.121. The highest BCUT2D eigenvalue weighted by molar-refractivity contribution is 7.09. The first-order chi connectivity index (χ1) is 9.28. The first kappa shape index (κ1) is 13.6. The van der Waals surface area contributed by atoms with Crippen LogP contribution in [0, 0.1) is 0 Å². The molecule has 8 heteroatoms. The van der Waals surface area contributed by atoms with Gasteiger partial charge in [0, 0.05) is 18.3 Å². The molecule has 2 rings (SSSR count). The first-order valence-electron chi connectivity index (χ1n) is 6.18. The largest absolute Gasteiger partial charge is 0.350 e. The molecule has 0 saturated heterocycles. The molecule has 0 fully saturated rings. The summed E-state index contributed by atoms with van der Waals surface area (Å²) in [5.41, 5.74) is 0.927. The van der Waals surface area contributed by atoms with Gasteiger partial charge in [0.1, 0.15) is 6.33 Å². The van der Waals surface area contributed by atoms with Crippen LogP contribution in [0.3, 0.4) is 0 Å². The minimum atomic E-state index is 0.0270. The summed E-state index contributed by atoms with van der Waals surface area (Å²) in [6.07, 6.45) is 3.66. The van der Waals surface area contributed by atoms with Crippen molar-refractivity contribution in [2.45, 2.75) is 39.3 Å². The monoisotopic (exact) mass is 280 g/mol. The lowest BCUT2D eigenvalue weighted by Gasteiger charge is -2.03. The molecule has 2 aromatic heterocycles. The van der Waals surface area contributed by atoms with Gasteiger partial charge in [-0.2, -0.15) is 0 Å². The predicted octanol–water partition coefficient (Wildman–Crippen LogP) is 0.789. The third kappa shape index (κ3) is 4.40. The van der Waals surface area contributed by atoms with Crippen molar-refractivity contribution < 1.29 is 4.79 Å². The molecule has 2 aromatic rings. The van der Waals surface area contributed by atoms with Crippen molar-refractivity contribution in [3.63, 3.8) is 0 Å². The molecule has 19 heavy (non-hydrogen) atoms. The molecule has 1 N–H and O–H groups in total. The van der Waals surface area contributed by atoms with Gasteiger partial charge in [-0.3, -0.25) is 4.79 Å². The third-order valence-electron chi connectivity index (χ3n) is 2.55. The van der Waals surface area contributed by atoms with E-state index in [-0.39, 0.29) is 5.91 Å². The topological polar surface area (TPSA) is 85.6 Å². The van der Waals surface area contributed by atoms with Crippen molar-refractivity contribution in [1.29, 1.82) is 0 Å². The second kappa shape index (κ2) is 6.93. The molecule has 0 atom stereocenters. The molecular weight excluding hydrogens is 264 g/mol. The molecular formula is C11H16N6OS. The highest BCUT2D eigenvalue weighted by atomic mass is 32.1. The van der Waals surface area contributed by atoms with E-state index in [0.717, 1.165) is 17.1 Å². The number of nitrogens with one attached hydrogen (secondary N) is 1. The van der Waals surface area contributed by atoms with Crippen molar-refractivity contribution in [3.05, 3.63) is 22.4 Å². The minimum Gasteiger partial charge on any atom is -0.350 e. The number of rotatable bonds is 7. The number of nitrogens with zero attached hydrogens (tertiary/aromatic N) is 5. The van der Waals surface area contributed by atoms with Crippen LogP contribution in [0.4, 0.5) is 0 Å². The highest BCUT2D eigenvalue weighted by Crippen LogP contribution is 2.09. The van der Waals surface area contributed by atoms with Crippen LogP contribution in [0.1, 0.15) is 30.5 Å². The van der Waals surface area contributed by atoms with Gasteiger partial charge < -0.3 is 5.32 Å². The highest BCUT2D eigenvalue weighted by Gasteiger charge is 2.04. The Balaban J connectivity index is 1.64. The number of thiazole rings is 1. The molecule has 1 amide bonds. The van der Waals surface area contributed by atoms with E-state index in [0.29, 0.717) is 25.9 Å². The van der Waals surface area contributed by atoms with E-state index in [9.17, 15) is 4.79 Å². The minimum absolute atomic E-state index is 0.0270.